The number of guanidine groups is 1. The van der Waals surface area contributed by atoms with Crippen LogP contribution in [0.5, 0.6) is 0 Å². The fourth-order valence-corrected chi connectivity index (χ4v) is 1.86. The van der Waals surface area contributed by atoms with Gasteiger partial charge in [-0.2, -0.15) is 4.99 Å². The van der Waals surface area contributed by atoms with Gasteiger partial charge in [0.05, 0.1) is 4.92 Å². The number of likely N-dealkylation sites (tertiary alicyclic amines) is 1. The highest BCUT2D eigenvalue weighted by molar-refractivity contribution is 5.80. The van der Waals surface area contributed by atoms with Crippen molar-refractivity contribution in [1.29, 1.82) is 0 Å². The predicted octanol–water partition coefficient (Wildman–Crippen LogP) is 1.42. The lowest BCUT2D eigenvalue weighted by atomic mass is 10.1. The number of rotatable bonds is 2. The Kier molecular flexibility index (Phi) is 3.71. The van der Waals surface area contributed by atoms with Crippen molar-refractivity contribution in [3.05, 3.63) is 28.4 Å². The first kappa shape index (κ1) is 12.3. The number of aliphatic imine (C=N–C) groups is 1. The van der Waals surface area contributed by atoms with Crippen molar-refractivity contribution in [2.45, 2.75) is 19.3 Å². The zero-order valence-corrected chi connectivity index (χ0v) is 9.95. The Bertz CT molecular complexity index is 451. The molecule has 96 valence electrons. The van der Waals surface area contributed by atoms with E-state index in [1.54, 1.807) is 0 Å². The van der Waals surface area contributed by atoms with Crippen LogP contribution in [0.15, 0.2) is 23.3 Å². The minimum atomic E-state index is -0.492. The van der Waals surface area contributed by atoms with Crippen LogP contribution in [0.25, 0.3) is 0 Å². The third-order valence-electron chi connectivity index (χ3n) is 2.85. The van der Waals surface area contributed by atoms with Gasteiger partial charge in [0, 0.05) is 19.2 Å². The predicted molar refractivity (Wildman–Crippen MR) is 67.6 cm³/mol. The van der Waals surface area contributed by atoms with Gasteiger partial charge in [0.25, 0.3) is 5.69 Å². The number of piperidine rings is 1. The maximum atomic E-state index is 10.5. The Hall–Kier alpha value is -2.18. The van der Waals surface area contributed by atoms with Crippen LogP contribution in [-0.4, -0.2) is 33.9 Å². The highest BCUT2D eigenvalue weighted by atomic mass is 16.6. The van der Waals surface area contributed by atoms with Gasteiger partial charge < -0.3 is 10.6 Å². The van der Waals surface area contributed by atoms with Crippen molar-refractivity contribution in [2.75, 3.05) is 13.1 Å². The molecule has 1 fully saturated rings. The smallest absolute Gasteiger partial charge is 0.287 e. The normalized spacial score (nSPS) is 16.7. The average molecular weight is 249 g/mol. The van der Waals surface area contributed by atoms with Gasteiger partial charge in [0.1, 0.15) is 6.20 Å². The Balaban J connectivity index is 2.08. The summed E-state index contributed by atoms with van der Waals surface area (Å²) in [6.07, 6.45) is 4.63. The number of pyridine rings is 1. The topological polar surface area (TPSA) is 97.6 Å². The molecular weight excluding hydrogens is 234 g/mol. The van der Waals surface area contributed by atoms with Crippen LogP contribution < -0.4 is 5.73 Å². The lowest BCUT2D eigenvalue weighted by Gasteiger charge is -2.27. The molecule has 0 radical (unpaired) electrons. The molecular formula is C11H15N5O2. The first-order valence-corrected chi connectivity index (χ1v) is 5.86. The molecule has 0 bridgehead atoms. The van der Waals surface area contributed by atoms with Crippen molar-refractivity contribution < 1.29 is 4.92 Å². The molecule has 0 saturated carbocycles. The van der Waals surface area contributed by atoms with Crippen LogP contribution in [0.3, 0.4) is 0 Å². The van der Waals surface area contributed by atoms with Crippen molar-refractivity contribution in [3.8, 4) is 0 Å². The van der Waals surface area contributed by atoms with Crippen molar-refractivity contribution in [1.82, 2.24) is 9.88 Å². The van der Waals surface area contributed by atoms with Crippen LogP contribution in [0.1, 0.15) is 19.3 Å². The van der Waals surface area contributed by atoms with Crippen LogP contribution in [0, 0.1) is 10.1 Å². The summed E-state index contributed by atoms with van der Waals surface area (Å²) in [5.41, 5.74) is 5.83. The van der Waals surface area contributed by atoms with E-state index in [0.717, 1.165) is 25.9 Å². The highest BCUT2D eigenvalue weighted by Gasteiger charge is 2.12. The van der Waals surface area contributed by atoms with E-state index >= 15 is 0 Å². The number of nitrogens with two attached hydrogens (primary N) is 1. The van der Waals surface area contributed by atoms with Crippen LogP contribution in [-0.2, 0) is 0 Å². The molecule has 2 N–H and O–H groups in total. The summed E-state index contributed by atoms with van der Waals surface area (Å²) in [7, 11) is 0. The molecule has 1 aromatic rings. The van der Waals surface area contributed by atoms with Gasteiger partial charge in [-0.15, -0.1) is 0 Å². The maximum Gasteiger partial charge on any atom is 0.287 e. The molecule has 1 saturated heterocycles. The van der Waals surface area contributed by atoms with E-state index in [0.29, 0.717) is 11.8 Å². The average Bonchev–Trinajstić information content (AvgIpc) is 2.40. The largest absolute Gasteiger partial charge is 0.369 e. The summed E-state index contributed by atoms with van der Waals surface area (Å²) in [6.45, 7) is 1.81. The molecule has 7 heteroatoms. The quantitative estimate of drug-likeness (QED) is 0.370. The summed E-state index contributed by atoms with van der Waals surface area (Å²) >= 11 is 0. The van der Waals surface area contributed by atoms with Crippen LogP contribution in [0.2, 0.25) is 0 Å². The van der Waals surface area contributed by atoms with Gasteiger partial charge >= 0.3 is 0 Å². The van der Waals surface area contributed by atoms with Gasteiger partial charge in [-0.25, -0.2) is 4.98 Å². The minimum Gasteiger partial charge on any atom is -0.369 e. The number of aromatic nitrogens is 1. The fraction of sp³-hybridized carbons (Fsp3) is 0.455. The van der Waals surface area contributed by atoms with Crippen molar-refractivity contribution >= 4 is 17.5 Å². The Labute approximate surface area is 104 Å². The summed E-state index contributed by atoms with van der Waals surface area (Å²) in [4.78, 5) is 20.1. The maximum absolute atomic E-state index is 10.5. The standard InChI is InChI=1S/C11H15N5O2/c12-11(15-6-2-1-3-7-15)14-10-5-4-9(8-13-10)16(17)18/h4-5,8H,1-3,6-7H2,(H2,12,13,14). The summed E-state index contributed by atoms with van der Waals surface area (Å²) in [5, 5.41) is 10.5. The van der Waals surface area contributed by atoms with Gasteiger partial charge in [-0.3, -0.25) is 10.1 Å². The second kappa shape index (κ2) is 5.44. The Morgan fingerprint density at radius 2 is 2.11 bits per heavy atom. The summed E-state index contributed by atoms with van der Waals surface area (Å²) in [5.74, 6) is 0.819. The zero-order valence-electron chi connectivity index (χ0n) is 9.95. The molecule has 1 aliphatic rings. The molecule has 2 rings (SSSR count). The molecule has 0 spiro atoms. The summed E-state index contributed by atoms with van der Waals surface area (Å²) < 4.78 is 0. The molecule has 1 aromatic heterocycles. The molecule has 0 aromatic carbocycles. The van der Waals surface area contributed by atoms with E-state index in [2.05, 4.69) is 9.98 Å². The van der Waals surface area contributed by atoms with E-state index in [1.807, 2.05) is 4.90 Å². The molecule has 7 nitrogen and oxygen atoms in total. The first-order chi connectivity index (χ1) is 8.66. The minimum absolute atomic E-state index is 0.0505. The molecule has 18 heavy (non-hydrogen) atoms. The highest BCUT2D eigenvalue weighted by Crippen LogP contribution is 2.15. The lowest BCUT2D eigenvalue weighted by molar-refractivity contribution is -0.385. The number of hydrogen-bond donors (Lipinski definition) is 1. The number of nitro groups is 1. The Morgan fingerprint density at radius 1 is 1.39 bits per heavy atom. The number of nitrogens with zero attached hydrogens (tertiary/aromatic N) is 4. The second-order valence-electron chi connectivity index (χ2n) is 4.15. The van der Waals surface area contributed by atoms with Crippen LogP contribution >= 0.6 is 0 Å². The lowest BCUT2D eigenvalue weighted by Crippen LogP contribution is -2.40. The van der Waals surface area contributed by atoms with Gasteiger partial charge in [0.2, 0.25) is 0 Å². The van der Waals surface area contributed by atoms with E-state index in [-0.39, 0.29) is 5.69 Å². The monoisotopic (exact) mass is 249 g/mol. The van der Waals surface area contributed by atoms with Crippen LogP contribution in [0.4, 0.5) is 11.5 Å². The molecule has 0 aliphatic carbocycles. The van der Waals surface area contributed by atoms with Crippen molar-refractivity contribution in [3.63, 3.8) is 0 Å². The molecule has 1 aliphatic heterocycles. The van der Waals surface area contributed by atoms with Crippen molar-refractivity contribution in [2.24, 2.45) is 10.7 Å². The third-order valence-corrected chi connectivity index (χ3v) is 2.85. The van der Waals surface area contributed by atoms with E-state index in [9.17, 15) is 10.1 Å². The second-order valence-corrected chi connectivity index (χ2v) is 4.15. The molecule has 2 heterocycles. The molecule has 0 unspecified atom stereocenters. The molecule has 0 amide bonds. The number of hydrogen-bond acceptors (Lipinski definition) is 4. The van der Waals surface area contributed by atoms with Gasteiger partial charge in [-0.05, 0) is 25.3 Å². The first-order valence-electron chi connectivity index (χ1n) is 5.86. The van der Waals surface area contributed by atoms with E-state index < -0.39 is 4.92 Å². The SMILES string of the molecule is NC(=Nc1ccc([N+](=O)[O-])cn1)N1CCCCC1. The van der Waals surface area contributed by atoms with Gasteiger partial charge in [0.15, 0.2) is 11.8 Å². The molecule has 0 atom stereocenters. The van der Waals surface area contributed by atoms with E-state index in [4.69, 9.17) is 5.73 Å². The van der Waals surface area contributed by atoms with Gasteiger partial charge in [-0.1, -0.05) is 0 Å². The third kappa shape index (κ3) is 2.93. The summed E-state index contributed by atoms with van der Waals surface area (Å²) in [6, 6.07) is 2.87. The Morgan fingerprint density at radius 3 is 2.67 bits per heavy atom. The van der Waals surface area contributed by atoms with E-state index in [1.165, 1.54) is 24.8 Å². The fourth-order valence-electron chi connectivity index (χ4n) is 1.86. The zero-order chi connectivity index (χ0) is 13.0.